The summed E-state index contributed by atoms with van der Waals surface area (Å²) in [5, 5.41) is 9.20. The highest BCUT2D eigenvalue weighted by atomic mass is 16.4. The van der Waals surface area contributed by atoms with E-state index in [-0.39, 0.29) is 11.9 Å². The Kier molecular flexibility index (Phi) is 3.94. The average Bonchev–Trinajstić information content (AvgIpc) is 2.18. The zero-order valence-electron chi connectivity index (χ0n) is 10.3. The van der Waals surface area contributed by atoms with E-state index in [4.69, 9.17) is 0 Å². The molecule has 0 spiro atoms. The summed E-state index contributed by atoms with van der Waals surface area (Å²) in [7, 11) is 0. The molecule has 0 saturated heterocycles. The number of amides is 1. The molecule has 92 valence electrons. The number of rotatable bonds is 3. The van der Waals surface area contributed by atoms with Crippen molar-refractivity contribution in [3.63, 3.8) is 0 Å². The number of carbonyl (C=O) groups excluding carboxylic acids is 1. The van der Waals surface area contributed by atoms with Gasteiger partial charge >= 0.3 is 5.97 Å². The molecule has 4 heteroatoms. The first kappa shape index (κ1) is 13.0. The Bertz CT molecular complexity index is 280. The number of aliphatic carboxylic acids is 1. The average molecular weight is 227 g/mol. The van der Waals surface area contributed by atoms with Gasteiger partial charge < -0.3 is 10.0 Å². The SMILES string of the molecule is CC(=O)N(C1CCCCC1)C(C)(C)C(=O)O. The number of hydrogen-bond acceptors (Lipinski definition) is 2. The van der Waals surface area contributed by atoms with Crippen molar-refractivity contribution in [2.45, 2.75) is 64.5 Å². The molecule has 1 aliphatic carbocycles. The maximum Gasteiger partial charge on any atom is 0.329 e. The molecule has 0 unspecified atom stereocenters. The van der Waals surface area contributed by atoms with E-state index in [2.05, 4.69) is 0 Å². The van der Waals surface area contributed by atoms with Crippen LogP contribution in [-0.2, 0) is 9.59 Å². The third kappa shape index (κ3) is 2.54. The van der Waals surface area contributed by atoms with Crippen molar-refractivity contribution >= 4 is 11.9 Å². The zero-order chi connectivity index (χ0) is 12.3. The van der Waals surface area contributed by atoms with E-state index < -0.39 is 11.5 Å². The molecule has 0 aromatic rings. The molecular weight excluding hydrogens is 206 g/mol. The van der Waals surface area contributed by atoms with Crippen LogP contribution in [-0.4, -0.2) is 33.5 Å². The Hall–Kier alpha value is -1.06. The van der Waals surface area contributed by atoms with Gasteiger partial charge in [-0.2, -0.15) is 0 Å². The molecule has 4 nitrogen and oxygen atoms in total. The second-order valence-corrected chi connectivity index (χ2v) is 5.05. The molecule has 0 aliphatic heterocycles. The number of hydrogen-bond donors (Lipinski definition) is 1. The normalized spacial score (nSPS) is 18.2. The summed E-state index contributed by atoms with van der Waals surface area (Å²) < 4.78 is 0. The maximum absolute atomic E-state index is 11.7. The molecule has 1 rings (SSSR count). The molecule has 16 heavy (non-hydrogen) atoms. The second-order valence-electron chi connectivity index (χ2n) is 5.05. The second kappa shape index (κ2) is 4.85. The monoisotopic (exact) mass is 227 g/mol. The van der Waals surface area contributed by atoms with Crippen LogP contribution in [0.4, 0.5) is 0 Å². The lowest BCUT2D eigenvalue weighted by Gasteiger charge is -2.42. The molecule has 0 aromatic carbocycles. The molecule has 0 atom stereocenters. The Morgan fingerprint density at radius 3 is 2.06 bits per heavy atom. The first-order valence-corrected chi connectivity index (χ1v) is 5.90. The minimum Gasteiger partial charge on any atom is -0.480 e. The van der Waals surface area contributed by atoms with Gasteiger partial charge in [-0.05, 0) is 26.7 Å². The van der Waals surface area contributed by atoms with Crippen LogP contribution in [0.2, 0.25) is 0 Å². The van der Waals surface area contributed by atoms with Crippen LogP contribution in [0.15, 0.2) is 0 Å². The van der Waals surface area contributed by atoms with Crippen LogP contribution < -0.4 is 0 Å². The van der Waals surface area contributed by atoms with Gasteiger partial charge in [0, 0.05) is 13.0 Å². The predicted molar refractivity (Wildman–Crippen MR) is 61.1 cm³/mol. The quantitative estimate of drug-likeness (QED) is 0.802. The molecular formula is C12H21NO3. The molecule has 1 saturated carbocycles. The van der Waals surface area contributed by atoms with Gasteiger partial charge in [0.15, 0.2) is 0 Å². The van der Waals surface area contributed by atoms with Gasteiger partial charge in [-0.3, -0.25) is 4.79 Å². The Morgan fingerprint density at radius 2 is 1.69 bits per heavy atom. The Balaban J connectivity index is 2.89. The topological polar surface area (TPSA) is 57.6 Å². The minimum absolute atomic E-state index is 0.0948. The van der Waals surface area contributed by atoms with Crippen LogP contribution >= 0.6 is 0 Å². The van der Waals surface area contributed by atoms with Crippen molar-refractivity contribution in [3.05, 3.63) is 0 Å². The molecule has 0 aromatic heterocycles. The van der Waals surface area contributed by atoms with Crippen molar-refractivity contribution in [1.82, 2.24) is 4.90 Å². The lowest BCUT2D eigenvalue weighted by molar-refractivity contribution is -0.159. The fraction of sp³-hybridized carbons (Fsp3) is 0.833. The molecule has 0 radical (unpaired) electrons. The molecule has 1 aliphatic rings. The lowest BCUT2D eigenvalue weighted by atomic mass is 9.90. The van der Waals surface area contributed by atoms with E-state index in [1.165, 1.54) is 13.3 Å². The molecule has 0 heterocycles. The van der Waals surface area contributed by atoms with E-state index in [0.717, 1.165) is 25.7 Å². The first-order valence-electron chi connectivity index (χ1n) is 5.90. The number of carboxylic acid groups (broad SMARTS) is 1. The number of carbonyl (C=O) groups is 2. The summed E-state index contributed by atoms with van der Waals surface area (Å²) >= 11 is 0. The summed E-state index contributed by atoms with van der Waals surface area (Å²) in [4.78, 5) is 24.4. The molecule has 1 N–H and O–H groups in total. The van der Waals surface area contributed by atoms with Crippen LogP contribution in [0.1, 0.15) is 52.9 Å². The zero-order valence-corrected chi connectivity index (χ0v) is 10.3. The standard InChI is InChI=1S/C12H21NO3/c1-9(14)13(12(2,3)11(15)16)10-7-5-4-6-8-10/h10H,4-8H2,1-3H3,(H,15,16). The van der Waals surface area contributed by atoms with Gasteiger partial charge in [0.2, 0.25) is 5.91 Å². The van der Waals surface area contributed by atoms with Crippen molar-refractivity contribution < 1.29 is 14.7 Å². The highest BCUT2D eigenvalue weighted by Crippen LogP contribution is 2.28. The van der Waals surface area contributed by atoms with Crippen LogP contribution in [0.3, 0.4) is 0 Å². The fourth-order valence-corrected chi connectivity index (χ4v) is 2.55. The third-order valence-corrected chi connectivity index (χ3v) is 3.40. The number of carboxylic acids is 1. The Labute approximate surface area is 96.6 Å². The van der Waals surface area contributed by atoms with Gasteiger partial charge in [-0.1, -0.05) is 19.3 Å². The van der Waals surface area contributed by atoms with E-state index in [0.29, 0.717) is 0 Å². The molecule has 1 amide bonds. The van der Waals surface area contributed by atoms with Crippen molar-refractivity contribution in [2.24, 2.45) is 0 Å². The van der Waals surface area contributed by atoms with Crippen LogP contribution in [0, 0.1) is 0 Å². The van der Waals surface area contributed by atoms with Crippen molar-refractivity contribution in [1.29, 1.82) is 0 Å². The maximum atomic E-state index is 11.7. The minimum atomic E-state index is -1.10. The van der Waals surface area contributed by atoms with Gasteiger partial charge in [0.25, 0.3) is 0 Å². The van der Waals surface area contributed by atoms with Gasteiger partial charge in [0.1, 0.15) is 5.54 Å². The smallest absolute Gasteiger partial charge is 0.329 e. The Morgan fingerprint density at radius 1 is 1.19 bits per heavy atom. The van der Waals surface area contributed by atoms with E-state index >= 15 is 0 Å². The van der Waals surface area contributed by atoms with Gasteiger partial charge in [-0.25, -0.2) is 4.79 Å². The van der Waals surface area contributed by atoms with Crippen molar-refractivity contribution in [3.8, 4) is 0 Å². The summed E-state index contributed by atoms with van der Waals surface area (Å²) in [6.45, 7) is 4.66. The van der Waals surface area contributed by atoms with Crippen LogP contribution in [0.25, 0.3) is 0 Å². The van der Waals surface area contributed by atoms with Crippen molar-refractivity contribution in [2.75, 3.05) is 0 Å². The predicted octanol–water partition coefficient (Wildman–Crippen LogP) is 2.03. The molecule has 1 fully saturated rings. The largest absolute Gasteiger partial charge is 0.480 e. The van der Waals surface area contributed by atoms with Gasteiger partial charge in [-0.15, -0.1) is 0 Å². The summed E-state index contributed by atoms with van der Waals surface area (Å²) in [5.74, 6) is -1.08. The highest BCUT2D eigenvalue weighted by Gasteiger charge is 2.40. The summed E-state index contributed by atoms with van der Waals surface area (Å²) in [6, 6.07) is 0.0948. The third-order valence-electron chi connectivity index (χ3n) is 3.40. The highest BCUT2D eigenvalue weighted by molar-refractivity contribution is 5.85. The summed E-state index contributed by atoms with van der Waals surface area (Å²) in [5.41, 5.74) is -1.10. The summed E-state index contributed by atoms with van der Waals surface area (Å²) in [6.07, 6.45) is 5.22. The lowest BCUT2D eigenvalue weighted by Crippen LogP contribution is -2.57. The molecule has 0 bridgehead atoms. The van der Waals surface area contributed by atoms with E-state index in [9.17, 15) is 14.7 Å². The van der Waals surface area contributed by atoms with E-state index in [1.54, 1.807) is 18.7 Å². The number of nitrogens with zero attached hydrogens (tertiary/aromatic N) is 1. The van der Waals surface area contributed by atoms with E-state index in [1.807, 2.05) is 0 Å². The first-order chi connectivity index (χ1) is 7.37. The fourth-order valence-electron chi connectivity index (χ4n) is 2.55. The van der Waals surface area contributed by atoms with Crippen LogP contribution in [0.5, 0.6) is 0 Å². The van der Waals surface area contributed by atoms with Gasteiger partial charge in [0.05, 0.1) is 0 Å².